The number of nitrogens with zero attached hydrogens (tertiary/aromatic N) is 3. The third-order valence-corrected chi connectivity index (χ3v) is 5.57. The number of nitro benzene ring substituents is 2. The number of hydrogen-bond donors (Lipinski definition) is 1. The van der Waals surface area contributed by atoms with E-state index in [0.29, 0.717) is 14.8 Å². The first kappa shape index (κ1) is 26.1. The first-order valence-corrected chi connectivity index (χ1v) is 11.2. The Hall–Kier alpha value is -4.51. The van der Waals surface area contributed by atoms with Gasteiger partial charge in [-0.2, -0.15) is 5.26 Å². The summed E-state index contributed by atoms with van der Waals surface area (Å²) in [5, 5.41) is 34.6. The predicted molar refractivity (Wildman–Crippen MR) is 139 cm³/mol. The largest absolute Gasteiger partial charge is 0.493 e. The number of benzene rings is 3. The molecular weight excluding hydrogens is 583 g/mol. The summed E-state index contributed by atoms with van der Waals surface area (Å²) in [4.78, 5) is 33.5. The lowest BCUT2D eigenvalue weighted by atomic mass is 10.1. The van der Waals surface area contributed by atoms with E-state index in [9.17, 15) is 30.3 Å². The molecule has 0 radical (unpaired) electrons. The lowest BCUT2D eigenvalue weighted by Crippen LogP contribution is -2.13. The van der Waals surface area contributed by atoms with Gasteiger partial charge in [0.25, 0.3) is 11.6 Å². The summed E-state index contributed by atoms with van der Waals surface area (Å²) < 4.78 is 11.5. The van der Waals surface area contributed by atoms with Gasteiger partial charge in [0.1, 0.15) is 11.6 Å². The van der Waals surface area contributed by atoms with Gasteiger partial charge < -0.3 is 14.8 Å². The maximum absolute atomic E-state index is 12.6. The molecule has 1 amide bonds. The second kappa shape index (κ2) is 11.3. The van der Waals surface area contributed by atoms with Crippen LogP contribution in [0.15, 0.2) is 60.2 Å². The number of nitrogens with one attached hydrogen (secondary N) is 1. The number of rotatable bonds is 8. The molecule has 0 unspecified atom stereocenters. The SMILES string of the molecule is COc1cc(/C=C(\C#N)C(=O)Nc2cccc(C)c2)cc(I)c1Oc1ccc([N+](=O)[O-])cc1[N+](=O)[O-]. The van der Waals surface area contributed by atoms with Gasteiger partial charge >= 0.3 is 5.69 Å². The molecule has 36 heavy (non-hydrogen) atoms. The highest BCUT2D eigenvalue weighted by Crippen LogP contribution is 2.41. The van der Waals surface area contributed by atoms with Crippen molar-refractivity contribution in [2.45, 2.75) is 6.92 Å². The standard InChI is InChI=1S/C24H17IN4O7/c1-14-4-3-5-17(8-14)27-24(30)16(13-26)9-15-10-19(25)23(22(11-15)35-2)36-21-7-6-18(28(31)32)12-20(21)29(33)34/h3-12H,1-2H3,(H,27,30)/b16-9+. The van der Waals surface area contributed by atoms with Crippen molar-refractivity contribution in [2.24, 2.45) is 0 Å². The zero-order valence-electron chi connectivity index (χ0n) is 18.9. The van der Waals surface area contributed by atoms with Crippen LogP contribution in [0.4, 0.5) is 17.1 Å². The highest BCUT2D eigenvalue weighted by atomic mass is 127. The van der Waals surface area contributed by atoms with Gasteiger partial charge in [-0.1, -0.05) is 12.1 Å². The number of non-ortho nitro benzene ring substituents is 1. The van der Waals surface area contributed by atoms with Crippen LogP contribution in [0.2, 0.25) is 0 Å². The monoisotopic (exact) mass is 600 g/mol. The van der Waals surface area contributed by atoms with Gasteiger partial charge in [-0.3, -0.25) is 25.0 Å². The Labute approximate surface area is 218 Å². The Balaban J connectivity index is 1.95. The maximum Gasteiger partial charge on any atom is 0.318 e. The van der Waals surface area contributed by atoms with Crippen LogP contribution >= 0.6 is 22.6 Å². The molecule has 0 atom stereocenters. The zero-order chi connectivity index (χ0) is 26.4. The van der Waals surface area contributed by atoms with Gasteiger partial charge in [-0.05, 0) is 77.0 Å². The van der Waals surface area contributed by atoms with Crippen molar-refractivity contribution in [3.63, 3.8) is 0 Å². The molecule has 0 aliphatic rings. The third-order valence-electron chi connectivity index (χ3n) is 4.77. The molecule has 3 aromatic carbocycles. The molecular formula is C24H17IN4O7. The van der Waals surface area contributed by atoms with E-state index in [1.165, 1.54) is 19.3 Å². The molecule has 0 saturated carbocycles. The highest BCUT2D eigenvalue weighted by molar-refractivity contribution is 14.1. The van der Waals surface area contributed by atoms with Gasteiger partial charge in [0.2, 0.25) is 5.75 Å². The molecule has 12 heteroatoms. The van der Waals surface area contributed by atoms with Crippen molar-refractivity contribution in [1.82, 2.24) is 0 Å². The van der Waals surface area contributed by atoms with E-state index in [2.05, 4.69) is 5.32 Å². The average Bonchev–Trinajstić information content (AvgIpc) is 2.83. The van der Waals surface area contributed by atoms with E-state index in [1.807, 2.05) is 41.7 Å². The fourth-order valence-electron chi connectivity index (χ4n) is 3.12. The Bertz CT molecular complexity index is 1450. The van der Waals surface area contributed by atoms with E-state index < -0.39 is 27.1 Å². The summed E-state index contributed by atoms with van der Waals surface area (Å²) >= 11 is 1.91. The fourth-order valence-corrected chi connectivity index (χ4v) is 3.85. The molecule has 0 saturated heterocycles. The number of methoxy groups -OCH3 is 1. The van der Waals surface area contributed by atoms with Crippen LogP contribution < -0.4 is 14.8 Å². The Morgan fingerprint density at radius 3 is 2.44 bits per heavy atom. The lowest BCUT2D eigenvalue weighted by Gasteiger charge is -2.13. The van der Waals surface area contributed by atoms with E-state index in [0.717, 1.165) is 23.8 Å². The Morgan fingerprint density at radius 2 is 1.83 bits per heavy atom. The molecule has 0 aliphatic carbocycles. The number of ether oxygens (including phenoxy) is 2. The van der Waals surface area contributed by atoms with Crippen LogP contribution in [0.25, 0.3) is 6.08 Å². The molecule has 0 heterocycles. The van der Waals surface area contributed by atoms with Crippen molar-refractivity contribution in [1.29, 1.82) is 5.26 Å². The molecule has 0 aliphatic heterocycles. The molecule has 182 valence electrons. The summed E-state index contributed by atoms with van der Waals surface area (Å²) in [6.45, 7) is 1.87. The average molecular weight is 600 g/mol. The van der Waals surface area contributed by atoms with E-state index in [-0.39, 0.29) is 22.8 Å². The summed E-state index contributed by atoms with van der Waals surface area (Å²) in [6, 6.07) is 15.1. The van der Waals surface area contributed by atoms with Gasteiger partial charge in [0.05, 0.1) is 26.6 Å². The van der Waals surface area contributed by atoms with E-state index in [4.69, 9.17) is 9.47 Å². The minimum atomic E-state index is -0.787. The van der Waals surface area contributed by atoms with Crippen molar-refractivity contribution in [3.8, 4) is 23.3 Å². The molecule has 3 rings (SSSR count). The van der Waals surface area contributed by atoms with Crippen LogP contribution in [-0.2, 0) is 4.79 Å². The number of carbonyl (C=O) groups is 1. The molecule has 0 aromatic heterocycles. The number of halogens is 1. The Kier molecular flexibility index (Phi) is 8.18. The smallest absolute Gasteiger partial charge is 0.318 e. The highest BCUT2D eigenvalue weighted by Gasteiger charge is 2.23. The van der Waals surface area contributed by atoms with Gasteiger partial charge in [0.15, 0.2) is 11.5 Å². The number of nitro groups is 2. The van der Waals surface area contributed by atoms with Crippen molar-refractivity contribution in [2.75, 3.05) is 12.4 Å². The molecule has 11 nitrogen and oxygen atoms in total. The molecule has 1 N–H and O–H groups in total. The minimum absolute atomic E-state index is 0.120. The number of aryl methyl sites for hydroxylation is 1. The summed E-state index contributed by atoms with van der Waals surface area (Å²) in [6.07, 6.45) is 1.37. The predicted octanol–water partition coefficient (Wildman–Crippen LogP) is 5.76. The fraction of sp³-hybridized carbons (Fsp3) is 0.0833. The molecule has 0 fully saturated rings. The number of nitriles is 1. The van der Waals surface area contributed by atoms with Gasteiger partial charge in [-0.25, -0.2) is 0 Å². The van der Waals surface area contributed by atoms with E-state index in [1.54, 1.807) is 24.3 Å². The zero-order valence-corrected chi connectivity index (χ0v) is 21.0. The summed E-state index contributed by atoms with van der Waals surface area (Å²) in [5.41, 5.74) is 0.724. The van der Waals surface area contributed by atoms with Gasteiger partial charge in [0, 0.05) is 11.8 Å². The number of hydrogen-bond acceptors (Lipinski definition) is 8. The second-order valence-electron chi connectivity index (χ2n) is 7.30. The lowest BCUT2D eigenvalue weighted by molar-refractivity contribution is -0.394. The topological polar surface area (TPSA) is 158 Å². The first-order chi connectivity index (χ1) is 17.1. The van der Waals surface area contributed by atoms with E-state index >= 15 is 0 Å². The van der Waals surface area contributed by atoms with Crippen LogP contribution in [0.5, 0.6) is 17.2 Å². The third kappa shape index (κ3) is 6.13. The molecule has 3 aromatic rings. The van der Waals surface area contributed by atoms with Crippen molar-refractivity contribution >= 4 is 51.6 Å². The summed E-state index contributed by atoms with van der Waals surface area (Å²) in [5.74, 6) is -0.536. The minimum Gasteiger partial charge on any atom is -0.493 e. The van der Waals surface area contributed by atoms with Crippen LogP contribution in [-0.4, -0.2) is 22.9 Å². The maximum atomic E-state index is 12.6. The number of amides is 1. The van der Waals surface area contributed by atoms with Crippen LogP contribution in [0, 0.1) is 42.1 Å². The Morgan fingerprint density at radius 1 is 1.08 bits per heavy atom. The molecule has 0 spiro atoms. The van der Waals surface area contributed by atoms with Crippen LogP contribution in [0.3, 0.4) is 0 Å². The quantitative estimate of drug-likeness (QED) is 0.112. The normalized spacial score (nSPS) is 10.8. The number of anilines is 1. The van der Waals surface area contributed by atoms with Crippen molar-refractivity contribution in [3.05, 3.63) is 95.1 Å². The second-order valence-corrected chi connectivity index (χ2v) is 8.46. The van der Waals surface area contributed by atoms with Crippen LogP contribution in [0.1, 0.15) is 11.1 Å². The van der Waals surface area contributed by atoms with Gasteiger partial charge in [-0.15, -0.1) is 0 Å². The first-order valence-electron chi connectivity index (χ1n) is 10.1. The molecule has 0 bridgehead atoms. The number of carbonyl (C=O) groups excluding carboxylic acids is 1. The van der Waals surface area contributed by atoms with Crippen molar-refractivity contribution < 1.29 is 24.1 Å². The summed E-state index contributed by atoms with van der Waals surface area (Å²) in [7, 11) is 1.35.